The van der Waals surface area contributed by atoms with E-state index >= 15 is 0 Å². The summed E-state index contributed by atoms with van der Waals surface area (Å²) in [5.74, 6) is 0.137. The van der Waals surface area contributed by atoms with Gasteiger partial charge in [-0.2, -0.15) is 5.21 Å². The Bertz CT molecular complexity index is 940. The molecule has 0 aliphatic carbocycles. The molecule has 0 saturated carbocycles. The zero-order valence-electron chi connectivity index (χ0n) is 17.1. The topological polar surface area (TPSA) is 116 Å². The minimum atomic E-state index is -0.533. The average molecular weight is 419 g/mol. The van der Waals surface area contributed by atoms with Crippen LogP contribution in [-0.4, -0.2) is 63.0 Å². The Morgan fingerprint density at radius 1 is 1.10 bits per heavy atom. The van der Waals surface area contributed by atoms with Crippen molar-refractivity contribution in [3.63, 3.8) is 0 Å². The Morgan fingerprint density at radius 3 is 2.39 bits per heavy atom. The van der Waals surface area contributed by atoms with Gasteiger partial charge in [0.15, 0.2) is 5.82 Å². The van der Waals surface area contributed by atoms with Gasteiger partial charge in [-0.15, -0.1) is 10.2 Å². The van der Waals surface area contributed by atoms with Gasteiger partial charge in [0.25, 0.3) is 0 Å². The van der Waals surface area contributed by atoms with E-state index in [0.29, 0.717) is 25.5 Å². The summed E-state index contributed by atoms with van der Waals surface area (Å²) in [7, 11) is 0. The van der Waals surface area contributed by atoms with Gasteiger partial charge >= 0.3 is 0 Å². The molecule has 1 saturated heterocycles. The fourth-order valence-electron chi connectivity index (χ4n) is 3.89. The molecule has 1 fully saturated rings. The van der Waals surface area contributed by atoms with E-state index in [4.69, 9.17) is 0 Å². The highest BCUT2D eigenvalue weighted by Crippen LogP contribution is 2.27. The number of aromatic nitrogens is 4. The Hall–Kier alpha value is -3.59. The Labute approximate surface area is 180 Å². The highest BCUT2D eigenvalue weighted by molar-refractivity contribution is 5.88. The summed E-state index contributed by atoms with van der Waals surface area (Å²) < 4.78 is 0. The maximum atomic E-state index is 12.7. The first-order valence-corrected chi connectivity index (χ1v) is 10.3. The summed E-state index contributed by atoms with van der Waals surface area (Å²) in [6.45, 7) is 2.06. The second kappa shape index (κ2) is 9.94. The predicted octanol–water partition coefficient (Wildman–Crippen LogP) is 0.838. The molecular weight excluding hydrogens is 394 g/mol. The van der Waals surface area contributed by atoms with Crippen molar-refractivity contribution in [1.82, 2.24) is 36.2 Å². The highest BCUT2D eigenvalue weighted by atomic mass is 16.2. The van der Waals surface area contributed by atoms with Gasteiger partial charge in [-0.1, -0.05) is 65.9 Å². The first-order valence-electron chi connectivity index (χ1n) is 10.3. The standard InChI is InChI=1S/C22H25N7O2/c30-21(24-14-20-25-27-28-26-20)13-19-22(31)23-11-12-29(19)15-18(16-7-3-1-4-8-16)17-9-5-2-6-10-17/h1-10,18-19H,11-15H2,(H,23,31)(H,24,30)(H,25,26,27,28). The van der Waals surface area contributed by atoms with Gasteiger partial charge in [-0.25, -0.2) is 0 Å². The number of nitrogens with one attached hydrogen (secondary N) is 3. The van der Waals surface area contributed by atoms with E-state index in [2.05, 4.69) is 60.4 Å². The zero-order valence-corrected chi connectivity index (χ0v) is 17.1. The number of carbonyl (C=O) groups excluding carboxylic acids is 2. The smallest absolute Gasteiger partial charge is 0.237 e. The van der Waals surface area contributed by atoms with Crippen LogP contribution in [0, 0.1) is 0 Å². The van der Waals surface area contributed by atoms with E-state index < -0.39 is 6.04 Å². The van der Waals surface area contributed by atoms with Gasteiger partial charge in [-0.3, -0.25) is 14.5 Å². The number of carbonyl (C=O) groups is 2. The van der Waals surface area contributed by atoms with Crippen molar-refractivity contribution in [2.75, 3.05) is 19.6 Å². The molecule has 1 aliphatic rings. The molecule has 9 heteroatoms. The molecule has 1 atom stereocenters. The third-order valence-corrected chi connectivity index (χ3v) is 5.47. The molecule has 1 aromatic heterocycles. The summed E-state index contributed by atoms with van der Waals surface area (Å²) in [5, 5.41) is 19.1. The SMILES string of the molecule is O=C(CC1C(=O)NCCN1CC(c1ccccc1)c1ccccc1)NCc1nn[nH]n1. The summed E-state index contributed by atoms with van der Waals surface area (Å²) >= 11 is 0. The van der Waals surface area contributed by atoms with Crippen LogP contribution in [0.2, 0.25) is 0 Å². The second-order valence-electron chi connectivity index (χ2n) is 7.48. The Balaban J connectivity index is 1.49. The summed E-state index contributed by atoms with van der Waals surface area (Å²) in [5.41, 5.74) is 2.36. The number of tetrazole rings is 1. The molecule has 1 unspecified atom stereocenters. The fourth-order valence-corrected chi connectivity index (χ4v) is 3.89. The van der Waals surface area contributed by atoms with Crippen molar-refractivity contribution in [3.05, 3.63) is 77.6 Å². The van der Waals surface area contributed by atoms with E-state index in [1.165, 1.54) is 11.1 Å². The molecule has 160 valence electrons. The van der Waals surface area contributed by atoms with Crippen molar-refractivity contribution < 1.29 is 9.59 Å². The van der Waals surface area contributed by atoms with Gasteiger partial charge in [0.05, 0.1) is 19.0 Å². The molecule has 31 heavy (non-hydrogen) atoms. The van der Waals surface area contributed by atoms with Crippen molar-refractivity contribution in [1.29, 1.82) is 0 Å². The van der Waals surface area contributed by atoms with E-state index in [1.807, 2.05) is 36.4 Å². The minimum absolute atomic E-state index is 0.0694. The van der Waals surface area contributed by atoms with E-state index in [9.17, 15) is 9.59 Å². The van der Waals surface area contributed by atoms with Crippen molar-refractivity contribution >= 4 is 11.8 Å². The number of H-pyrrole nitrogens is 1. The molecule has 0 radical (unpaired) electrons. The summed E-state index contributed by atoms with van der Waals surface area (Å²) in [6.07, 6.45) is 0.0694. The minimum Gasteiger partial charge on any atom is -0.353 e. The first-order chi connectivity index (χ1) is 15.2. The monoisotopic (exact) mass is 419 g/mol. The van der Waals surface area contributed by atoms with Crippen LogP contribution < -0.4 is 10.6 Å². The maximum Gasteiger partial charge on any atom is 0.237 e. The number of rotatable bonds is 8. The summed E-state index contributed by atoms with van der Waals surface area (Å²) in [4.78, 5) is 27.3. The average Bonchev–Trinajstić information content (AvgIpc) is 3.33. The Kier molecular flexibility index (Phi) is 6.63. The Morgan fingerprint density at radius 2 is 1.77 bits per heavy atom. The molecule has 2 amide bonds. The number of benzene rings is 2. The molecular formula is C22H25N7O2. The van der Waals surface area contributed by atoms with Gasteiger partial charge in [-0.05, 0) is 11.1 Å². The number of hydrogen-bond donors (Lipinski definition) is 3. The fraction of sp³-hybridized carbons (Fsp3) is 0.318. The van der Waals surface area contributed by atoms with Crippen LogP contribution in [0.1, 0.15) is 29.3 Å². The largest absolute Gasteiger partial charge is 0.353 e. The molecule has 0 bridgehead atoms. The van der Waals surface area contributed by atoms with Gasteiger partial charge in [0.2, 0.25) is 11.8 Å². The number of hydrogen-bond acceptors (Lipinski definition) is 6. The van der Waals surface area contributed by atoms with Crippen molar-refractivity contribution in [2.45, 2.75) is 24.9 Å². The van der Waals surface area contributed by atoms with Crippen LogP contribution in [0.3, 0.4) is 0 Å². The van der Waals surface area contributed by atoms with Crippen LogP contribution >= 0.6 is 0 Å². The lowest BCUT2D eigenvalue weighted by Gasteiger charge is -2.37. The van der Waals surface area contributed by atoms with E-state index in [1.54, 1.807) is 0 Å². The third-order valence-electron chi connectivity index (χ3n) is 5.47. The van der Waals surface area contributed by atoms with Crippen molar-refractivity contribution in [3.8, 4) is 0 Å². The molecule has 2 heterocycles. The van der Waals surface area contributed by atoms with Crippen LogP contribution in [0.15, 0.2) is 60.7 Å². The predicted molar refractivity (Wildman–Crippen MR) is 114 cm³/mol. The molecule has 3 N–H and O–H groups in total. The van der Waals surface area contributed by atoms with Crippen molar-refractivity contribution in [2.24, 2.45) is 0 Å². The zero-order chi connectivity index (χ0) is 21.5. The van der Waals surface area contributed by atoms with E-state index in [0.717, 1.165) is 0 Å². The van der Waals surface area contributed by atoms with E-state index in [-0.39, 0.29) is 30.7 Å². The third kappa shape index (κ3) is 5.32. The maximum absolute atomic E-state index is 12.7. The summed E-state index contributed by atoms with van der Waals surface area (Å²) in [6, 6.07) is 20.0. The quantitative estimate of drug-likeness (QED) is 0.498. The number of amides is 2. The first kappa shape index (κ1) is 20.7. The van der Waals surface area contributed by atoms with Gasteiger partial charge in [0.1, 0.15) is 0 Å². The van der Waals surface area contributed by atoms with Gasteiger partial charge in [0, 0.05) is 25.6 Å². The number of nitrogens with zero attached hydrogens (tertiary/aromatic N) is 4. The lowest BCUT2D eigenvalue weighted by atomic mass is 9.90. The molecule has 3 aromatic rings. The highest BCUT2D eigenvalue weighted by Gasteiger charge is 2.33. The number of piperazine rings is 1. The number of aromatic amines is 1. The lowest BCUT2D eigenvalue weighted by molar-refractivity contribution is -0.134. The second-order valence-corrected chi connectivity index (χ2v) is 7.48. The van der Waals surface area contributed by atoms with Crippen LogP contribution in [0.4, 0.5) is 0 Å². The molecule has 2 aromatic carbocycles. The lowest BCUT2D eigenvalue weighted by Crippen LogP contribution is -2.57. The van der Waals surface area contributed by atoms with Crippen LogP contribution in [0.25, 0.3) is 0 Å². The van der Waals surface area contributed by atoms with Crippen LogP contribution in [-0.2, 0) is 16.1 Å². The molecule has 4 rings (SSSR count). The molecule has 1 aliphatic heterocycles. The van der Waals surface area contributed by atoms with Gasteiger partial charge < -0.3 is 10.6 Å². The molecule has 9 nitrogen and oxygen atoms in total. The normalized spacial score (nSPS) is 16.8. The molecule has 0 spiro atoms. The van der Waals surface area contributed by atoms with Crippen LogP contribution in [0.5, 0.6) is 0 Å².